The van der Waals surface area contributed by atoms with Crippen LogP contribution in [0.25, 0.3) is 0 Å². The fraction of sp³-hybridized carbons (Fsp3) is 0.889. The van der Waals surface area contributed by atoms with Gasteiger partial charge in [-0.25, -0.2) is 0 Å². The van der Waals surface area contributed by atoms with Crippen LogP contribution in [0.3, 0.4) is 0 Å². The number of amides is 1. The molecule has 1 saturated carbocycles. The summed E-state index contributed by atoms with van der Waals surface area (Å²) in [4.78, 5) is 14.2. The Morgan fingerprint density at radius 2 is 2.17 bits per heavy atom. The maximum atomic E-state index is 11.7. The Morgan fingerprint density at radius 3 is 2.58 bits per heavy atom. The van der Waals surface area contributed by atoms with E-state index in [1.807, 2.05) is 4.90 Å². The van der Waals surface area contributed by atoms with Crippen LogP contribution in [0.5, 0.6) is 0 Å². The molecule has 0 spiro atoms. The van der Waals surface area contributed by atoms with E-state index < -0.39 is 0 Å². The molecule has 2 atom stereocenters. The van der Waals surface area contributed by atoms with E-state index in [9.17, 15) is 4.79 Å². The molecule has 0 aromatic rings. The maximum absolute atomic E-state index is 11.7. The average Bonchev–Trinajstić information content (AvgIpc) is 2.77. The van der Waals surface area contributed by atoms with Crippen LogP contribution in [-0.4, -0.2) is 28.2 Å². The Hall–Kier alpha value is -0.0500. The number of alkyl halides is 1. The van der Waals surface area contributed by atoms with Crippen LogP contribution in [0, 0.1) is 5.92 Å². The minimum absolute atomic E-state index is 0.380. The first-order valence-electron chi connectivity index (χ1n) is 4.63. The number of carbonyl (C=O) groups excluding carboxylic acids is 1. The van der Waals surface area contributed by atoms with Gasteiger partial charge in [-0.3, -0.25) is 4.79 Å². The van der Waals surface area contributed by atoms with Gasteiger partial charge in [0.2, 0.25) is 5.91 Å². The summed E-state index contributed by atoms with van der Waals surface area (Å²) in [5.41, 5.74) is 0. The highest BCUT2D eigenvalue weighted by atomic mass is 79.9. The molecule has 2 fully saturated rings. The molecule has 2 aliphatic rings. The minimum Gasteiger partial charge on any atom is -0.339 e. The van der Waals surface area contributed by atoms with Gasteiger partial charge in [-0.2, -0.15) is 0 Å². The van der Waals surface area contributed by atoms with E-state index in [1.54, 1.807) is 0 Å². The van der Waals surface area contributed by atoms with Gasteiger partial charge in [0.15, 0.2) is 0 Å². The first-order valence-corrected chi connectivity index (χ1v) is 5.54. The fourth-order valence-corrected chi connectivity index (χ4v) is 2.69. The lowest BCUT2D eigenvalue weighted by Gasteiger charge is -2.20. The van der Waals surface area contributed by atoms with Crippen molar-refractivity contribution in [2.24, 2.45) is 5.92 Å². The first-order chi connectivity index (χ1) is 5.68. The van der Waals surface area contributed by atoms with Gasteiger partial charge in [0.05, 0.1) is 0 Å². The Morgan fingerprint density at radius 1 is 1.50 bits per heavy atom. The second kappa shape index (κ2) is 3.02. The van der Waals surface area contributed by atoms with Gasteiger partial charge < -0.3 is 4.90 Å². The molecule has 2 unspecified atom stereocenters. The normalized spacial score (nSPS) is 35.7. The molecule has 1 aliphatic carbocycles. The van der Waals surface area contributed by atoms with E-state index in [0.29, 0.717) is 22.7 Å². The lowest BCUT2D eigenvalue weighted by atomic mass is 10.2. The second-order valence-electron chi connectivity index (χ2n) is 3.95. The van der Waals surface area contributed by atoms with Gasteiger partial charge >= 0.3 is 0 Å². The Balaban J connectivity index is 1.98. The van der Waals surface area contributed by atoms with Crippen molar-refractivity contribution in [3.63, 3.8) is 0 Å². The summed E-state index contributed by atoms with van der Waals surface area (Å²) in [5, 5.41) is 0. The molecule has 1 heterocycles. The van der Waals surface area contributed by atoms with Crippen molar-refractivity contribution in [2.45, 2.75) is 37.1 Å². The second-order valence-corrected chi connectivity index (χ2v) is 5.24. The van der Waals surface area contributed by atoms with E-state index in [4.69, 9.17) is 0 Å². The molecule has 68 valence electrons. The van der Waals surface area contributed by atoms with E-state index >= 15 is 0 Å². The Bertz CT molecular complexity index is 203. The van der Waals surface area contributed by atoms with Crippen molar-refractivity contribution in [1.82, 2.24) is 4.90 Å². The summed E-state index contributed by atoms with van der Waals surface area (Å²) in [5.74, 6) is 0.773. The monoisotopic (exact) mass is 231 g/mol. The molecule has 2 nitrogen and oxygen atoms in total. The van der Waals surface area contributed by atoms with Crippen LogP contribution in [-0.2, 0) is 4.79 Å². The number of halogens is 1. The molecule has 0 aromatic carbocycles. The number of nitrogens with zero attached hydrogens (tertiary/aromatic N) is 1. The van der Waals surface area contributed by atoms with Gasteiger partial charge in [0, 0.05) is 23.3 Å². The molecular formula is C9H14BrNO. The van der Waals surface area contributed by atoms with Gasteiger partial charge in [-0.1, -0.05) is 15.9 Å². The summed E-state index contributed by atoms with van der Waals surface area (Å²) >= 11 is 3.56. The smallest absolute Gasteiger partial charge is 0.225 e. The third kappa shape index (κ3) is 1.51. The highest BCUT2D eigenvalue weighted by Crippen LogP contribution is 2.34. The molecule has 0 N–H and O–H groups in total. The zero-order chi connectivity index (χ0) is 8.72. The van der Waals surface area contributed by atoms with Crippen LogP contribution in [0.1, 0.15) is 26.2 Å². The average molecular weight is 232 g/mol. The standard InChI is InChI=1S/C9H14BrNO/c1-6-4-8(10)5-11(6)9(12)7-2-3-7/h6-8H,2-5H2,1H3. The largest absolute Gasteiger partial charge is 0.339 e. The first kappa shape index (κ1) is 8.54. The SMILES string of the molecule is CC1CC(Br)CN1C(=O)C1CC1. The summed E-state index contributed by atoms with van der Waals surface area (Å²) < 4.78 is 0. The molecule has 0 aromatic heterocycles. The fourth-order valence-electron chi connectivity index (χ4n) is 1.84. The molecular weight excluding hydrogens is 218 g/mol. The molecule has 12 heavy (non-hydrogen) atoms. The van der Waals surface area contributed by atoms with Gasteiger partial charge in [0.1, 0.15) is 0 Å². The highest BCUT2D eigenvalue weighted by molar-refractivity contribution is 9.09. The summed E-state index contributed by atoms with van der Waals surface area (Å²) in [6, 6.07) is 0.447. The number of carbonyl (C=O) groups is 1. The lowest BCUT2D eigenvalue weighted by Crippen LogP contribution is -2.35. The third-order valence-electron chi connectivity index (χ3n) is 2.73. The van der Waals surface area contributed by atoms with Crippen LogP contribution in [0.4, 0.5) is 0 Å². The predicted octanol–water partition coefficient (Wildman–Crippen LogP) is 1.78. The van der Waals surface area contributed by atoms with Crippen molar-refractivity contribution in [3.05, 3.63) is 0 Å². The summed E-state index contributed by atoms with van der Waals surface area (Å²) in [6.45, 7) is 3.05. The maximum Gasteiger partial charge on any atom is 0.225 e. The van der Waals surface area contributed by atoms with Gasteiger partial charge in [-0.15, -0.1) is 0 Å². The summed E-state index contributed by atoms with van der Waals surface area (Å²) in [6.07, 6.45) is 3.35. The number of likely N-dealkylation sites (tertiary alicyclic amines) is 1. The molecule has 1 amide bonds. The van der Waals surface area contributed by atoms with Crippen molar-refractivity contribution in [3.8, 4) is 0 Å². The zero-order valence-corrected chi connectivity index (χ0v) is 8.88. The highest BCUT2D eigenvalue weighted by Gasteiger charge is 2.38. The zero-order valence-electron chi connectivity index (χ0n) is 7.29. The molecule has 2 rings (SSSR count). The third-order valence-corrected chi connectivity index (χ3v) is 3.40. The molecule has 1 aliphatic heterocycles. The van der Waals surface area contributed by atoms with Crippen LogP contribution in [0.2, 0.25) is 0 Å². The minimum atomic E-state index is 0.380. The van der Waals surface area contributed by atoms with Gasteiger partial charge in [-0.05, 0) is 26.2 Å². The van der Waals surface area contributed by atoms with E-state index in [-0.39, 0.29) is 0 Å². The lowest BCUT2D eigenvalue weighted by molar-refractivity contribution is -0.133. The Labute approximate surface area is 81.4 Å². The number of rotatable bonds is 1. The van der Waals surface area contributed by atoms with Gasteiger partial charge in [0.25, 0.3) is 0 Å². The van der Waals surface area contributed by atoms with E-state index in [2.05, 4.69) is 22.9 Å². The van der Waals surface area contributed by atoms with Crippen LogP contribution in [0.15, 0.2) is 0 Å². The Kier molecular flexibility index (Phi) is 2.15. The van der Waals surface area contributed by atoms with E-state index in [0.717, 1.165) is 25.8 Å². The van der Waals surface area contributed by atoms with Crippen molar-refractivity contribution >= 4 is 21.8 Å². The number of hydrogen-bond donors (Lipinski definition) is 0. The predicted molar refractivity (Wildman–Crippen MR) is 51.2 cm³/mol. The topological polar surface area (TPSA) is 20.3 Å². The summed E-state index contributed by atoms with van der Waals surface area (Å²) in [7, 11) is 0. The van der Waals surface area contributed by atoms with Crippen molar-refractivity contribution < 1.29 is 4.79 Å². The molecule has 3 heteroatoms. The number of hydrogen-bond acceptors (Lipinski definition) is 1. The van der Waals surface area contributed by atoms with Crippen LogP contribution < -0.4 is 0 Å². The van der Waals surface area contributed by atoms with Crippen molar-refractivity contribution in [2.75, 3.05) is 6.54 Å². The van der Waals surface area contributed by atoms with Crippen molar-refractivity contribution in [1.29, 1.82) is 0 Å². The molecule has 0 bridgehead atoms. The van der Waals surface area contributed by atoms with Crippen LogP contribution >= 0.6 is 15.9 Å². The van der Waals surface area contributed by atoms with E-state index in [1.165, 1.54) is 0 Å². The quantitative estimate of drug-likeness (QED) is 0.631. The molecule has 0 radical (unpaired) electrons. The molecule has 1 saturated heterocycles.